The van der Waals surface area contributed by atoms with Crippen molar-refractivity contribution in [3.05, 3.63) is 0 Å². The molecule has 0 aliphatic carbocycles. The van der Waals surface area contributed by atoms with Gasteiger partial charge in [-0.05, 0) is 6.92 Å². The van der Waals surface area contributed by atoms with Crippen molar-refractivity contribution in [3.8, 4) is 0 Å². The second-order valence-electron chi connectivity index (χ2n) is 1.03. The molecule has 0 bridgehead atoms. The van der Waals surface area contributed by atoms with E-state index in [4.69, 9.17) is 10.2 Å². The summed E-state index contributed by atoms with van der Waals surface area (Å²) in [5.74, 6) is 0. The predicted molar refractivity (Wildman–Crippen MR) is 24.5 cm³/mol. The first-order valence-electron chi connectivity index (χ1n) is 1.56. The smallest absolute Gasteiger partial charge is 1.00 e. The molecular formula is C3H8AlCl4O2Zr. The van der Waals surface area contributed by atoms with Crippen LogP contribution in [0.5, 0.6) is 0 Å². The Morgan fingerprint density at radius 2 is 1.18 bits per heavy atom. The molecule has 1 unspecified atom stereocenters. The van der Waals surface area contributed by atoms with Gasteiger partial charge in [-0.2, -0.15) is 0 Å². The summed E-state index contributed by atoms with van der Waals surface area (Å²) in [6, 6.07) is 0. The molecule has 0 aliphatic rings. The third kappa shape index (κ3) is 68.1. The molecular weight excluding hydrogens is 328 g/mol. The summed E-state index contributed by atoms with van der Waals surface area (Å²) in [6.45, 7) is 1.39. The predicted octanol–water partition coefficient (Wildman–Crippen LogP) is -13.0. The Hall–Kier alpha value is 2.50. The maximum atomic E-state index is 8.11. The summed E-state index contributed by atoms with van der Waals surface area (Å²) >= 11 is 0. The Morgan fingerprint density at radius 3 is 1.18 bits per heavy atom. The zero-order valence-electron chi connectivity index (χ0n) is 5.77. The Morgan fingerprint density at radius 1 is 1.09 bits per heavy atom. The van der Waals surface area contributed by atoms with Gasteiger partial charge in [0.05, 0.1) is 12.7 Å². The molecule has 8 heteroatoms. The Labute approximate surface area is 122 Å². The second-order valence-corrected chi connectivity index (χ2v) is 1.03. The van der Waals surface area contributed by atoms with Crippen LogP contribution in [0.25, 0.3) is 0 Å². The van der Waals surface area contributed by atoms with Gasteiger partial charge in [0.1, 0.15) is 0 Å². The van der Waals surface area contributed by atoms with Gasteiger partial charge in [-0.3, -0.25) is 0 Å². The fourth-order valence-corrected chi connectivity index (χ4v) is 0. The van der Waals surface area contributed by atoms with E-state index in [1.807, 2.05) is 0 Å². The molecule has 0 heterocycles. The Bertz CT molecular complexity index is 37.3. The van der Waals surface area contributed by atoms with Gasteiger partial charge in [0.2, 0.25) is 0 Å². The summed E-state index contributed by atoms with van der Waals surface area (Å²) in [6.07, 6.45) is -0.560. The summed E-state index contributed by atoms with van der Waals surface area (Å²) in [4.78, 5) is 0. The number of rotatable bonds is 1. The Kier molecular flexibility index (Phi) is 178. The minimum atomic E-state index is -0.560. The molecule has 11 heavy (non-hydrogen) atoms. The third-order valence-electron chi connectivity index (χ3n) is 0.264. The van der Waals surface area contributed by atoms with E-state index in [0.717, 1.165) is 0 Å². The van der Waals surface area contributed by atoms with Gasteiger partial charge in [0.25, 0.3) is 0 Å². The molecule has 2 N–H and O–H groups in total. The van der Waals surface area contributed by atoms with Gasteiger partial charge in [0, 0.05) is 17.4 Å². The van der Waals surface area contributed by atoms with Gasteiger partial charge in [0.15, 0.2) is 0 Å². The third-order valence-corrected chi connectivity index (χ3v) is 0.264. The van der Waals surface area contributed by atoms with Crippen molar-refractivity contribution in [2.24, 2.45) is 0 Å². The van der Waals surface area contributed by atoms with Crippen LogP contribution in [0.15, 0.2) is 0 Å². The number of aliphatic hydroxyl groups is 2. The van der Waals surface area contributed by atoms with Crippen LogP contribution in [0.3, 0.4) is 0 Å². The molecule has 0 saturated heterocycles. The SMILES string of the molecule is CC(O)CO.[Al].[Cl-].[Cl-].[Cl-].[Cl-].[Zr+4]. The number of aliphatic hydroxyl groups excluding tert-OH is 2. The summed E-state index contributed by atoms with van der Waals surface area (Å²) < 4.78 is 0. The first-order chi connectivity index (χ1) is 2.27. The molecule has 0 saturated carbocycles. The first-order valence-corrected chi connectivity index (χ1v) is 1.56. The molecule has 0 amide bonds. The van der Waals surface area contributed by atoms with E-state index in [9.17, 15) is 0 Å². The van der Waals surface area contributed by atoms with Crippen molar-refractivity contribution in [1.82, 2.24) is 0 Å². The molecule has 0 spiro atoms. The largest absolute Gasteiger partial charge is 4.00 e. The number of hydrogen-bond acceptors (Lipinski definition) is 2. The van der Waals surface area contributed by atoms with Gasteiger partial charge < -0.3 is 59.8 Å². The zero-order chi connectivity index (χ0) is 4.28. The van der Waals surface area contributed by atoms with Crippen molar-refractivity contribution >= 4 is 17.4 Å². The topological polar surface area (TPSA) is 40.5 Å². The van der Waals surface area contributed by atoms with Crippen LogP contribution < -0.4 is 49.6 Å². The number of halogens is 4. The fourth-order valence-electron chi connectivity index (χ4n) is 0. The molecule has 0 aromatic rings. The maximum absolute atomic E-state index is 8.11. The molecule has 3 radical (unpaired) electrons. The van der Waals surface area contributed by atoms with Crippen LogP contribution in [0.4, 0.5) is 0 Å². The molecule has 67 valence electrons. The molecule has 0 aromatic heterocycles. The standard InChI is InChI=1S/C3H8O2.Al.4ClH.Zr/c1-3(5)2-4;;;;;;/h3-5H,2H2,1H3;;4*1H;/q;;;;;;+4/p-4. The molecule has 1 atom stereocenters. The van der Waals surface area contributed by atoms with E-state index in [0.29, 0.717) is 0 Å². The normalized spacial score (nSPS) is 6.82. The molecule has 0 aromatic carbocycles. The Balaban J connectivity index is -0.00000000533. The van der Waals surface area contributed by atoms with Crippen molar-refractivity contribution in [1.29, 1.82) is 0 Å². The summed E-state index contributed by atoms with van der Waals surface area (Å²) in [7, 11) is 0. The monoisotopic (exact) mass is 333 g/mol. The van der Waals surface area contributed by atoms with Crippen molar-refractivity contribution in [2.45, 2.75) is 13.0 Å². The summed E-state index contributed by atoms with van der Waals surface area (Å²) in [5.41, 5.74) is 0. The summed E-state index contributed by atoms with van der Waals surface area (Å²) in [5, 5.41) is 16.0. The molecule has 2 nitrogen and oxygen atoms in total. The van der Waals surface area contributed by atoms with Gasteiger partial charge in [-0.1, -0.05) is 0 Å². The van der Waals surface area contributed by atoms with Gasteiger partial charge >= 0.3 is 26.2 Å². The minimum Gasteiger partial charge on any atom is -1.00 e. The second kappa shape index (κ2) is 39.1. The van der Waals surface area contributed by atoms with Crippen molar-refractivity contribution in [2.75, 3.05) is 6.61 Å². The van der Waals surface area contributed by atoms with Crippen LogP contribution in [-0.4, -0.2) is 40.3 Å². The van der Waals surface area contributed by atoms with E-state index < -0.39 is 6.10 Å². The van der Waals surface area contributed by atoms with E-state index in [-0.39, 0.29) is 99.8 Å². The van der Waals surface area contributed by atoms with Crippen LogP contribution in [0.1, 0.15) is 6.92 Å². The van der Waals surface area contributed by atoms with E-state index >= 15 is 0 Å². The van der Waals surface area contributed by atoms with E-state index in [1.165, 1.54) is 6.92 Å². The van der Waals surface area contributed by atoms with Crippen LogP contribution >= 0.6 is 0 Å². The van der Waals surface area contributed by atoms with E-state index in [1.54, 1.807) is 0 Å². The average molecular weight is 336 g/mol. The fraction of sp³-hybridized carbons (Fsp3) is 1.00. The average Bonchev–Trinajstić information content (AvgIpc) is 1.38. The molecule has 0 aliphatic heterocycles. The van der Waals surface area contributed by atoms with Crippen LogP contribution in [-0.2, 0) is 26.2 Å². The maximum Gasteiger partial charge on any atom is 4.00 e. The van der Waals surface area contributed by atoms with Crippen molar-refractivity contribution in [3.63, 3.8) is 0 Å². The number of hydrogen-bond donors (Lipinski definition) is 2. The minimum absolute atomic E-state index is 0. The quantitative estimate of drug-likeness (QED) is 0.467. The van der Waals surface area contributed by atoms with E-state index in [2.05, 4.69) is 0 Å². The van der Waals surface area contributed by atoms with Crippen molar-refractivity contribution < 1.29 is 86.0 Å². The zero-order valence-corrected chi connectivity index (χ0v) is 12.4. The van der Waals surface area contributed by atoms with Gasteiger partial charge in [-0.25, -0.2) is 0 Å². The first kappa shape index (κ1) is 49.9. The molecule has 0 rings (SSSR count). The van der Waals surface area contributed by atoms with Crippen LogP contribution in [0, 0.1) is 0 Å². The van der Waals surface area contributed by atoms with Crippen LogP contribution in [0.2, 0.25) is 0 Å². The van der Waals surface area contributed by atoms with Gasteiger partial charge in [-0.15, -0.1) is 0 Å². The molecule has 0 fully saturated rings.